The van der Waals surface area contributed by atoms with E-state index in [-0.39, 0.29) is 23.0 Å². The number of aromatic nitrogens is 6. The Labute approximate surface area is 144 Å². The number of aromatic amines is 1. The molecule has 1 amide bonds. The molecule has 1 fully saturated rings. The summed E-state index contributed by atoms with van der Waals surface area (Å²) in [5, 5.41) is 14.6. The van der Waals surface area contributed by atoms with Crippen molar-refractivity contribution in [2.45, 2.75) is 39.2 Å². The van der Waals surface area contributed by atoms with Crippen molar-refractivity contribution in [3.63, 3.8) is 0 Å². The first-order chi connectivity index (χ1) is 11.9. The molecule has 0 unspecified atom stereocenters. The van der Waals surface area contributed by atoms with Crippen molar-refractivity contribution >= 4 is 28.6 Å². The van der Waals surface area contributed by atoms with Crippen molar-refractivity contribution in [2.75, 3.05) is 11.1 Å². The summed E-state index contributed by atoms with van der Waals surface area (Å²) in [7, 11) is 0. The lowest BCUT2D eigenvalue weighted by molar-refractivity contribution is 0.102. The van der Waals surface area contributed by atoms with Gasteiger partial charge in [0, 0.05) is 11.8 Å². The van der Waals surface area contributed by atoms with E-state index in [1.165, 1.54) is 6.33 Å². The molecule has 0 spiro atoms. The number of fused-ring (bicyclic) bond motifs is 1. The van der Waals surface area contributed by atoms with Gasteiger partial charge in [-0.05, 0) is 39.5 Å². The van der Waals surface area contributed by atoms with Gasteiger partial charge in [-0.3, -0.25) is 9.89 Å². The number of hydrogen-bond acceptors (Lipinski definition) is 6. The number of carbonyl (C=O) groups excluding carboxylic acids is 1. The summed E-state index contributed by atoms with van der Waals surface area (Å²) >= 11 is 0. The van der Waals surface area contributed by atoms with E-state index in [1.807, 2.05) is 11.6 Å². The normalized spacial score (nSPS) is 14.8. The number of nitrogens with two attached hydrogens (primary N) is 1. The molecule has 3 aromatic rings. The molecular weight excluding hydrogens is 320 g/mol. The highest BCUT2D eigenvalue weighted by molar-refractivity contribution is 6.12. The Morgan fingerprint density at radius 1 is 1.40 bits per heavy atom. The van der Waals surface area contributed by atoms with Crippen LogP contribution < -0.4 is 11.1 Å². The molecule has 0 aromatic carbocycles. The molecule has 9 nitrogen and oxygen atoms in total. The maximum Gasteiger partial charge on any atom is 0.278 e. The number of aryl methyl sites for hydroxylation is 1. The minimum atomic E-state index is -0.386. The lowest BCUT2D eigenvalue weighted by Crippen LogP contribution is -2.30. The molecule has 130 valence electrons. The minimum absolute atomic E-state index is 0.211. The number of amides is 1. The van der Waals surface area contributed by atoms with Crippen LogP contribution in [-0.4, -0.2) is 35.9 Å². The second-order valence-electron chi connectivity index (χ2n) is 7.04. The quantitative estimate of drug-likeness (QED) is 0.665. The Kier molecular flexibility index (Phi) is 3.28. The number of carbonyl (C=O) groups is 1. The molecule has 3 heterocycles. The second kappa shape index (κ2) is 5.27. The van der Waals surface area contributed by atoms with Gasteiger partial charge in [-0.2, -0.15) is 10.2 Å². The molecule has 0 aliphatic heterocycles. The topological polar surface area (TPSA) is 127 Å². The smallest absolute Gasteiger partial charge is 0.278 e. The summed E-state index contributed by atoms with van der Waals surface area (Å²) in [6.45, 7) is 6.07. The summed E-state index contributed by atoms with van der Waals surface area (Å²) in [5.74, 6) is 0.799. The van der Waals surface area contributed by atoms with E-state index in [4.69, 9.17) is 5.73 Å². The third-order valence-electron chi connectivity index (χ3n) is 4.78. The average Bonchev–Trinajstić information content (AvgIpc) is 3.23. The number of anilines is 2. The maximum atomic E-state index is 12.8. The number of nitrogens with zero attached hydrogens (tertiary/aromatic N) is 5. The highest BCUT2D eigenvalue weighted by atomic mass is 16.2. The van der Waals surface area contributed by atoms with Crippen LogP contribution in [0.2, 0.25) is 0 Å². The average molecular weight is 340 g/mol. The molecule has 0 radical (unpaired) electrons. The van der Waals surface area contributed by atoms with Gasteiger partial charge in [-0.15, -0.1) is 0 Å². The third-order valence-corrected chi connectivity index (χ3v) is 4.78. The lowest BCUT2D eigenvalue weighted by Gasteiger charge is -2.25. The molecular formula is C16H20N8O. The van der Waals surface area contributed by atoms with Crippen LogP contribution in [0.25, 0.3) is 11.0 Å². The number of H-pyrrole nitrogens is 1. The van der Waals surface area contributed by atoms with Crippen molar-refractivity contribution in [3.05, 3.63) is 23.8 Å². The summed E-state index contributed by atoms with van der Waals surface area (Å²) < 4.78 is 1.81. The summed E-state index contributed by atoms with van der Waals surface area (Å²) in [4.78, 5) is 21.1. The van der Waals surface area contributed by atoms with Gasteiger partial charge in [-0.25, -0.2) is 14.6 Å². The third kappa shape index (κ3) is 2.51. The molecule has 1 aliphatic rings. The predicted octanol–water partition coefficient (Wildman–Crippen LogP) is 1.84. The fourth-order valence-electron chi connectivity index (χ4n) is 3.16. The molecule has 0 saturated heterocycles. The molecule has 4 rings (SSSR count). The highest BCUT2D eigenvalue weighted by Crippen LogP contribution is 2.45. The van der Waals surface area contributed by atoms with Crippen LogP contribution in [0.3, 0.4) is 0 Å². The number of rotatable bonds is 4. The van der Waals surface area contributed by atoms with E-state index in [0.717, 1.165) is 18.5 Å². The van der Waals surface area contributed by atoms with Gasteiger partial charge in [0.25, 0.3) is 5.91 Å². The van der Waals surface area contributed by atoms with E-state index >= 15 is 0 Å². The van der Waals surface area contributed by atoms with Crippen molar-refractivity contribution < 1.29 is 4.79 Å². The van der Waals surface area contributed by atoms with Gasteiger partial charge in [0.15, 0.2) is 17.2 Å². The Balaban J connectivity index is 1.82. The SMILES string of the molecule is Cc1cc(NC(=O)c2nn(C(C)(C)C3CC3)c3ncnc(N)c23)n[nH]1. The number of hydrogen-bond donors (Lipinski definition) is 3. The molecule has 1 aliphatic carbocycles. The van der Waals surface area contributed by atoms with Crippen LogP contribution in [-0.2, 0) is 5.54 Å². The highest BCUT2D eigenvalue weighted by Gasteiger charge is 2.42. The Bertz CT molecular complexity index is 966. The van der Waals surface area contributed by atoms with Crippen LogP contribution in [0.15, 0.2) is 12.4 Å². The predicted molar refractivity (Wildman–Crippen MR) is 93.1 cm³/mol. The van der Waals surface area contributed by atoms with Gasteiger partial charge < -0.3 is 11.1 Å². The largest absolute Gasteiger partial charge is 0.383 e. The van der Waals surface area contributed by atoms with Crippen LogP contribution in [0.4, 0.5) is 11.6 Å². The molecule has 1 saturated carbocycles. The van der Waals surface area contributed by atoms with Gasteiger partial charge in [0.05, 0.1) is 10.9 Å². The zero-order valence-electron chi connectivity index (χ0n) is 14.4. The van der Waals surface area contributed by atoms with Crippen molar-refractivity contribution in [1.82, 2.24) is 29.9 Å². The fraction of sp³-hybridized carbons (Fsp3) is 0.438. The first kappa shape index (κ1) is 15.6. The number of nitrogen functional groups attached to an aromatic ring is 1. The molecule has 0 bridgehead atoms. The van der Waals surface area contributed by atoms with Crippen molar-refractivity contribution in [1.29, 1.82) is 0 Å². The fourth-order valence-corrected chi connectivity index (χ4v) is 3.16. The first-order valence-corrected chi connectivity index (χ1v) is 8.21. The minimum Gasteiger partial charge on any atom is -0.383 e. The van der Waals surface area contributed by atoms with Crippen LogP contribution in [0.1, 0.15) is 42.9 Å². The van der Waals surface area contributed by atoms with Gasteiger partial charge in [0.1, 0.15) is 12.1 Å². The Morgan fingerprint density at radius 2 is 2.16 bits per heavy atom. The first-order valence-electron chi connectivity index (χ1n) is 8.21. The molecule has 3 aromatic heterocycles. The van der Waals surface area contributed by atoms with E-state index in [1.54, 1.807) is 6.07 Å². The van der Waals surface area contributed by atoms with Gasteiger partial charge in [-0.1, -0.05) is 0 Å². The van der Waals surface area contributed by atoms with Crippen LogP contribution in [0.5, 0.6) is 0 Å². The van der Waals surface area contributed by atoms with Crippen LogP contribution >= 0.6 is 0 Å². The van der Waals surface area contributed by atoms with Gasteiger partial charge >= 0.3 is 0 Å². The van der Waals surface area contributed by atoms with E-state index < -0.39 is 0 Å². The second-order valence-corrected chi connectivity index (χ2v) is 7.04. The zero-order chi connectivity index (χ0) is 17.8. The maximum absolute atomic E-state index is 12.8. The summed E-state index contributed by atoms with van der Waals surface area (Å²) in [5.41, 5.74) is 7.42. The van der Waals surface area contributed by atoms with E-state index in [0.29, 0.717) is 22.8 Å². The molecule has 4 N–H and O–H groups in total. The summed E-state index contributed by atoms with van der Waals surface area (Å²) in [6, 6.07) is 1.74. The Morgan fingerprint density at radius 3 is 2.80 bits per heavy atom. The zero-order valence-corrected chi connectivity index (χ0v) is 14.4. The number of nitrogens with one attached hydrogen (secondary N) is 2. The van der Waals surface area contributed by atoms with Gasteiger partial charge in [0.2, 0.25) is 0 Å². The Hall–Kier alpha value is -2.97. The van der Waals surface area contributed by atoms with Crippen molar-refractivity contribution in [3.8, 4) is 0 Å². The lowest BCUT2D eigenvalue weighted by atomic mass is 9.99. The molecule has 25 heavy (non-hydrogen) atoms. The van der Waals surface area contributed by atoms with Crippen LogP contribution in [0, 0.1) is 12.8 Å². The van der Waals surface area contributed by atoms with Crippen molar-refractivity contribution in [2.24, 2.45) is 5.92 Å². The monoisotopic (exact) mass is 340 g/mol. The van der Waals surface area contributed by atoms with E-state index in [9.17, 15) is 4.79 Å². The standard InChI is InChI=1S/C16H20N8O/c1-8-6-10(22-21-8)20-15(25)12-11-13(17)18-7-19-14(11)24(23-12)16(2,3)9-4-5-9/h6-7,9H,4-5H2,1-3H3,(H2,17,18,19)(H2,20,21,22,25). The summed E-state index contributed by atoms with van der Waals surface area (Å²) in [6.07, 6.45) is 3.68. The molecule has 0 atom stereocenters. The molecule has 9 heteroatoms. The van der Waals surface area contributed by atoms with E-state index in [2.05, 4.69) is 44.4 Å².